The SMILES string of the molecule is CC.Cc1cc(C(=O)O)c(=O)n2cc(c(Br)c(F)c1N)OCC2C. The van der Waals surface area contributed by atoms with E-state index in [9.17, 15) is 19.1 Å². The Kier molecular flexibility index (Phi) is 6.77. The lowest BCUT2D eigenvalue weighted by Crippen LogP contribution is -2.31. The third-order valence-electron chi connectivity index (χ3n) is 3.34. The van der Waals surface area contributed by atoms with Crippen LogP contribution in [0.15, 0.2) is 21.5 Å². The molecule has 1 aromatic rings. The van der Waals surface area contributed by atoms with Crippen LogP contribution in [0.2, 0.25) is 0 Å². The molecule has 24 heavy (non-hydrogen) atoms. The van der Waals surface area contributed by atoms with E-state index in [0.717, 1.165) is 6.07 Å². The molecule has 2 rings (SSSR count). The van der Waals surface area contributed by atoms with Gasteiger partial charge < -0.3 is 20.1 Å². The van der Waals surface area contributed by atoms with E-state index >= 15 is 0 Å². The highest BCUT2D eigenvalue weighted by Crippen LogP contribution is 2.31. The zero-order valence-electron chi connectivity index (χ0n) is 13.9. The molecule has 1 aliphatic rings. The summed E-state index contributed by atoms with van der Waals surface area (Å²) in [5, 5.41) is 9.25. The number of nitrogen functional groups attached to an aromatic ring is 1. The van der Waals surface area contributed by atoms with Crippen molar-refractivity contribution in [2.45, 2.75) is 33.7 Å². The second-order valence-corrected chi connectivity index (χ2v) is 5.75. The van der Waals surface area contributed by atoms with Gasteiger partial charge >= 0.3 is 5.97 Å². The maximum atomic E-state index is 14.3. The molecule has 0 saturated heterocycles. The van der Waals surface area contributed by atoms with Crippen LogP contribution >= 0.6 is 15.9 Å². The number of anilines is 1. The Bertz CT molecular complexity index is 776. The number of hydrogen-bond acceptors (Lipinski definition) is 4. The third kappa shape index (κ3) is 3.87. The largest absolute Gasteiger partial charge is 0.489 e. The van der Waals surface area contributed by atoms with E-state index in [-0.39, 0.29) is 34.1 Å². The number of hydrogen-bond donors (Lipinski definition) is 2. The second kappa shape index (κ2) is 8.14. The van der Waals surface area contributed by atoms with Gasteiger partial charge in [0.15, 0.2) is 11.6 Å². The Morgan fingerprint density at radius 3 is 2.62 bits per heavy atom. The number of carboxylic acid groups (broad SMARTS) is 1. The first-order valence-electron chi connectivity index (χ1n) is 7.38. The summed E-state index contributed by atoms with van der Waals surface area (Å²) in [5.41, 5.74) is 4.34. The van der Waals surface area contributed by atoms with Crippen molar-refractivity contribution in [2.75, 3.05) is 12.3 Å². The fourth-order valence-electron chi connectivity index (χ4n) is 2.01. The van der Waals surface area contributed by atoms with Crippen molar-refractivity contribution in [1.29, 1.82) is 0 Å². The number of aryl methyl sites for hydroxylation is 1. The first-order chi connectivity index (χ1) is 11.2. The quantitative estimate of drug-likeness (QED) is 0.749. The molecule has 8 heteroatoms. The van der Waals surface area contributed by atoms with Crippen LogP contribution in [0.1, 0.15) is 42.7 Å². The minimum Gasteiger partial charge on any atom is -0.489 e. The van der Waals surface area contributed by atoms with Gasteiger partial charge in [-0.2, -0.15) is 0 Å². The van der Waals surface area contributed by atoms with E-state index < -0.39 is 22.9 Å². The fraction of sp³-hybridized carbons (Fsp3) is 0.375. The zero-order chi connectivity index (χ0) is 18.6. The Morgan fingerprint density at radius 1 is 1.50 bits per heavy atom. The Hall–Kier alpha value is -2.09. The van der Waals surface area contributed by atoms with Crippen LogP contribution in [0.4, 0.5) is 10.1 Å². The van der Waals surface area contributed by atoms with E-state index in [1.54, 1.807) is 6.92 Å². The number of aromatic carboxylic acids is 1. The Labute approximate surface area is 147 Å². The normalized spacial score (nSPS) is 14.7. The maximum Gasteiger partial charge on any atom is 0.341 e. The van der Waals surface area contributed by atoms with Crippen molar-refractivity contribution in [3.05, 3.63) is 44.0 Å². The summed E-state index contributed by atoms with van der Waals surface area (Å²) in [6.07, 6.45) is 1.27. The summed E-state index contributed by atoms with van der Waals surface area (Å²) >= 11 is 3.06. The molecular weight excluding hydrogens is 383 g/mol. The molecule has 0 saturated carbocycles. The molecule has 1 atom stereocenters. The van der Waals surface area contributed by atoms with Crippen molar-refractivity contribution in [3.8, 4) is 5.75 Å². The highest BCUT2D eigenvalue weighted by Gasteiger charge is 2.20. The van der Waals surface area contributed by atoms with Gasteiger partial charge in [-0.25, -0.2) is 9.18 Å². The van der Waals surface area contributed by atoms with Crippen LogP contribution in [-0.2, 0) is 0 Å². The molecule has 1 unspecified atom stereocenters. The van der Waals surface area contributed by atoms with Crippen molar-refractivity contribution < 1.29 is 19.0 Å². The van der Waals surface area contributed by atoms with Crippen LogP contribution in [0.25, 0.3) is 0 Å². The Morgan fingerprint density at radius 2 is 2.08 bits per heavy atom. The minimum atomic E-state index is -1.41. The smallest absolute Gasteiger partial charge is 0.341 e. The summed E-state index contributed by atoms with van der Waals surface area (Å²) in [6.45, 7) is 7.23. The van der Waals surface area contributed by atoms with Gasteiger partial charge in [-0.3, -0.25) is 4.79 Å². The van der Waals surface area contributed by atoms with Crippen molar-refractivity contribution in [1.82, 2.24) is 4.57 Å². The second-order valence-electron chi connectivity index (χ2n) is 4.95. The molecule has 2 heterocycles. The molecule has 0 amide bonds. The average Bonchev–Trinajstić information content (AvgIpc) is 2.58. The van der Waals surface area contributed by atoms with Crippen LogP contribution < -0.4 is 16.0 Å². The summed E-state index contributed by atoms with van der Waals surface area (Å²) in [6, 6.07) is 0.685. The third-order valence-corrected chi connectivity index (χ3v) is 4.08. The molecular formula is C16H20BrFN2O4. The molecule has 0 fully saturated rings. The van der Waals surface area contributed by atoms with Crippen LogP contribution in [-0.4, -0.2) is 22.2 Å². The summed E-state index contributed by atoms with van der Waals surface area (Å²) in [7, 11) is 0. The summed E-state index contributed by atoms with van der Waals surface area (Å²) in [4.78, 5) is 23.8. The first-order valence-corrected chi connectivity index (χ1v) is 8.18. The number of ether oxygens (including phenoxy) is 1. The monoisotopic (exact) mass is 402 g/mol. The molecule has 132 valence electrons. The number of aromatic nitrogens is 1. The van der Waals surface area contributed by atoms with Gasteiger partial charge in [-0.15, -0.1) is 0 Å². The van der Waals surface area contributed by atoms with E-state index in [2.05, 4.69) is 15.9 Å². The van der Waals surface area contributed by atoms with Gasteiger partial charge in [0.05, 0.1) is 22.4 Å². The van der Waals surface area contributed by atoms with Gasteiger partial charge in [0, 0.05) is 0 Å². The average molecular weight is 403 g/mol. The van der Waals surface area contributed by atoms with Crippen LogP contribution in [0.3, 0.4) is 0 Å². The molecule has 2 bridgehead atoms. The first kappa shape index (κ1) is 20.0. The molecule has 6 nitrogen and oxygen atoms in total. The lowest BCUT2D eigenvalue weighted by molar-refractivity contribution is 0.0693. The number of nitrogens with two attached hydrogens (primary N) is 1. The molecule has 0 aromatic carbocycles. The molecule has 0 spiro atoms. The fourth-order valence-corrected chi connectivity index (χ4v) is 2.44. The number of fused-ring (bicyclic) bond motifs is 2. The predicted octanol–water partition coefficient (Wildman–Crippen LogP) is 3.44. The maximum absolute atomic E-state index is 14.3. The highest BCUT2D eigenvalue weighted by atomic mass is 79.9. The lowest BCUT2D eigenvalue weighted by Gasteiger charge is -2.22. The summed E-state index contributed by atoms with van der Waals surface area (Å²) < 4.78 is 20.9. The number of carbonyl (C=O) groups is 1. The van der Waals surface area contributed by atoms with Gasteiger partial charge in [-0.1, -0.05) is 13.8 Å². The zero-order valence-corrected chi connectivity index (χ0v) is 15.5. The Balaban J connectivity index is 0.00000139. The lowest BCUT2D eigenvalue weighted by atomic mass is 10.1. The van der Waals surface area contributed by atoms with Gasteiger partial charge in [0.25, 0.3) is 5.56 Å². The molecule has 3 N–H and O–H groups in total. The number of carboxylic acids is 1. The van der Waals surface area contributed by atoms with Crippen molar-refractivity contribution in [2.24, 2.45) is 0 Å². The standard InChI is InChI=1S/C14H14BrFN2O4.C2H6/c1-6-3-8(14(20)21)13(19)18-4-9(22-5-7(18)2)10(15)11(16)12(6)17;1-2/h3-4,7H,5,17H2,1-2H3,(H,20,21);1-2H3. The van der Waals surface area contributed by atoms with Crippen molar-refractivity contribution >= 4 is 27.6 Å². The van der Waals surface area contributed by atoms with Crippen LogP contribution in [0.5, 0.6) is 5.75 Å². The van der Waals surface area contributed by atoms with Gasteiger partial charge in [-0.05, 0) is 41.4 Å². The molecule has 0 aliphatic carbocycles. The van der Waals surface area contributed by atoms with Crippen LogP contribution in [0, 0.1) is 12.7 Å². The summed E-state index contributed by atoms with van der Waals surface area (Å²) in [5.74, 6) is -2.12. The minimum absolute atomic E-state index is 0.0266. The number of halogens is 2. The van der Waals surface area contributed by atoms with Crippen molar-refractivity contribution in [3.63, 3.8) is 0 Å². The number of nitrogens with zero attached hydrogens (tertiary/aromatic N) is 1. The van der Waals surface area contributed by atoms with E-state index in [4.69, 9.17) is 10.5 Å². The van der Waals surface area contributed by atoms with Gasteiger partial charge in [0.1, 0.15) is 12.2 Å². The van der Waals surface area contributed by atoms with E-state index in [1.807, 2.05) is 13.8 Å². The topological polar surface area (TPSA) is 94.5 Å². The molecule has 1 aliphatic heterocycles. The molecule has 0 radical (unpaired) electrons. The number of rotatable bonds is 1. The molecule has 1 aromatic heterocycles. The highest BCUT2D eigenvalue weighted by molar-refractivity contribution is 9.10. The van der Waals surface area contributed by atoms with Gasteiger partial charge in [0.2, 0.25) is 0 Å². The van der Waals surface area contributed by atoms with E-state index in [0.29, 0.717) is 0 Å². The predicted molar refractivity (Wildman–Crippen MR) is 93.7 cm³/mol. The van der Waals surface area contributed by atoms with E-state index in [1.165, 1.54) is 17.7 Å².